The molecule has 1 unspecified atom stereocenters. The second-order valence-electron chi connectivity index (χ2n) is 4.85. The molecule has 6 heteroatoms. The fourth-order valence-electron chi connectivity index (χ4n) is 2.03. The zero-order chi connectivity index (χ0) is 14.5. The molecule has 1 aliphatic heterocycles. The number of rotatable bonds is 2. The highest BCUT2D eigenvalue weighted by Crippen LogP contribution is 2.16. The molecule has 1 heterocycles. The Morgan fingerprint density at radius 3 is 2.75 bits per heavy atom. The quantitative estimate of drug-likeness (QED) is 0.757. The average Bonchev–Trinajstić information content (AvgIpc) is 2.64. The van der Waals surface area contributed by atoms with Gasteiger partial charge >= 0.3 is 6.03 Å². The summed E-state index contributed by atoms with van der Waals surface area (Å²) in [6.07, 6.45) is 0.217. The molecule has 1 aliphatic rings. The fourth-order valence-corrected chi connectivity index (χ4v) is 2.03. The summed E-state index contributed by atoms with van der Waals surface area (Å²) in [5, 5.41) is 14.9. The Morgan fingerprint density at radius 2 is 2.10 bits per heavy atom. The zero-order valence-electron chi connectivity index (χ0n) is 11.4. The molecule has 0 spiro atoms. The van der Waals surface area contributed by atoms with E-state index in [4.69, 9.17) is 0 Å². The van der Waals surface area contributed by atoms with Gasteiger partial charge in [0.05, 0.1) is 6.10 Å². The lowest BCUT2D eigenvalue weighted by atomic mass is 10.1. The molecule has 0 aromatic heterocycles. The van der Waals surface area contributed by atoms with Crippen LogP contribution in [0.3, 0.4) is 0 Å². The summed E-state index contributed by atoms with van der Waals surface area (Å²) in [5.41, 5.74) is 1.43. The Morgan fingerprint density at radius 1 is 1.40 bits per heavy atom. The number of hydrogen-bond donors (Lipinski definition) is 3. The normalized spacial score (nSPS) is 17.1. The third-order valence-electron chi connectivity index (χ3n) is 3.19. The van der Waals surface area contributed by atoms with E-state index >= 15 is 0 Å². The molecule has 0 bridgehead atoms. The van der Waals surface area contributed by atoms with Gasteiger partial charge in [-0.3, -0.25) is 4.79 Å². The van der Waals surface area contributed by atoms with Crippen molar-refractivity contribution in [2.45, 2.75) is 19.4 Å². The molecule has 2 rings (SSSR count). The zero-order valence-corrected chi connectivity index (χ0v) is 11.4. The van der Waals surface area contributed by atoms with Crippen molar-refractivity contribution in [1.29, 1.82) is 0 Å². The van der Waals surface area contributed by atoms with Gasteiger partial charge in [-0.25, -0.2) is 4.79 Å². The maximum absolute atomic E-state index is 12.1. The second-order valence-corrected chi connectivity index (χ2v) is 4.85. The van der Waals surface area contributed by atoms with E-state index in [1.54, 1.807) is 31.2 Å². The summed E-state index contributed by atoms with van der Waals surface area (Å²) < 4.78 is 0. The number of nitrogens with one attached hydrogen (secondary N) is 2. The van der Waals surface area contributed by atoms with Crippen LogP contribution in [0, 0.1) is 0 Å². The molecular formula is C14H19N3O3. The lowest BCUT2D eigenvalue weighted by molar-refractivity contribution is -0.120. The fraction of sp³-hybridized carbons (Fsp3) is 0.429. The van der Waals surface area contributed by atoms with Crippen LogP contribution in [-0.4, -0.2) is 41.6 Å². The van der Waals surface area contributed by atoms with Crippen LogP contribution < -0.4 is 10.6 Å². The summed E-state index contributed by atoms with van der Waals surface area (Å²) in [5.74, 6) is -0.137. The van der Waals surface area contributed by atoms with Crippen molar-refractivity contribution in [2.75, 3.05) is 25.0 Å². The summed E-state index contributed by atoms with van der Waals surface area (Å²) in [7, 11) is 0. The van der Waals surface area contributed by atoms with Gasteiger partial charge in [0, 0.05) is 18.8 Å². The molecule has 0 saturated carbocycles. The number of nitrogens with zero attached hydrogens (tertiary/aromatic N) is 1. The van der Waals surface area contributed by atoms with E-state index in [1.165, 1.54) is 4.90 Å². The van der Waals surface area contributed by atoms with Gasteiger partial charge in [-0.2, -0.15) is 0 Å². The first-order valence-corrected chi connectivity index (χ1v) is 6.67. The summed E-state index contributed by atoms with van der Waals surface area (Å²) in [6.45, 7) is 2.92. The maximum Gasteiger partial charge on any atom is 0.322 e. The molecule has 0 radical (unpaired) electrons. The van der Waals surface area contributed by atoms with Crippen molar-refractivity contribution in [2.24, 2.45) is 0 Å². The largest absolute Gasteiger partial charge is 0.389 e. The average molecular weight is 277 g/mol. The van der Waals surface area contributed by atoms with Crippen molar-refractivity contribution in [1.82, 2.24) is 10.2 Å². The lowest BCUT2D eigenvalue weighted by Crippen LogP contribution is -2.39. The van der Waals surface area contributed by atoms with Crippen LogP contribution in [0.25, 0.3) is 0 Å². The first-order valence-electron chi connectivity index (χ1n) is 6.67. The number of aliphatic hydroxyl groups excluding tert-OH is 1. The number of anilines is 1. The van der Waals surface area contributed by atoms with Crippen molar-refractivity contribution < 1.29 is 14.7 Å². The minimum absolute atomic E-state index is 0.0809. The van der Waals surface area contributed by atoms with Crippen molar-refractivity contribution >= 4 is 17.6 Å². The molecule has 1 atom stereocenters. The Kier molecular flexibility index (Phi) is 4.57. The maximum atomic E-state index is 12.1. The number of aliphatic hydroxyl groups is 1. The van der Waals surface area contributed by atoms with Gasteiger partial charge in [0.2, 0.25) is 5.91 Å². The second kappa shape index (κ2) is 6.38. The van der Waals surface area contributed by atoms with Gasteiger partial charge in [-0.05, 0) is 31.0 Å². The molecule has 20 heavy (non-hydrogen) atoms. The van der Waals surface area contributed by atoms with Gasteiger partial charge in [-0.1, -0.05) is 12.1 Å². The Bertz CT molecular complexity index is 485. The van der Waals surface area contributed by atoms with Crippen LogP contribution in [0.2, 0.25) is 0 Å². The van der Waals surface area contributed by atoms with Crippen LogP contribution in [-0.2, 0) is 4.79 Å². The molecule has 1 saturated heterocycles. The lowest BCUT2D eigenvalue weighted by Gasteiger charge is -2.19. The van der Waals surface area contributed by atoms with Gasteiger partial charge in [-0.15, -0.1) is 0 Å². The van der Waals surface area contributed by atoms with Gasteiger partial charge in [0.1, 0.15) is 6.54 Å². The van der Waals surface area contributed by atoms with Gasteiger partial charge < -0.3 is 20.6 Å². The number of carbonyl (C=O) groups excluding carboxylic acids is 2. The topological polar surface area (TPSA) is 81.7 Å². The highest BCUT2D eigenvalue weighted by molar-refractivity contribution is 5.92. The van der Waals surface area contributed by atoms with Crippen LogP contribution in [0.5, 0.6) is 0 Å². The molecule has 1 fully saturated rings. The smallest absolute Gasteiger partial charge is 0.322 e. The Balaban J connectivity index is 1.98. The Labute approximate surface area is 117 Å². The Hall–Kier alpha value is -2.08. The number of benzene rings is 1. The molecule has 108 valence electrons. The van der Waals surface area contributed by atoms with Crippen molar-refractivity contribution in [3.63, 3.8) is 0 Å². The summed E-state index contributed by atoms with van der Waals surface area (Å²) in [6, 6.07) is 6.70. The van der Waals surface area contributed by atoms with E-state index in [9.17, 15) is 14.7 Å². The van der Waals surface area contributed by atoms with Crippen LogP contribution in [0.1, 0.15) is 25.0 Å². The van der Waals surface area contributed by atoms with Crippen molar-refractivity contribution in [3.8, 4) is 0 Å². The molecule has 3 amide bonds. The van der Waals surface area contributed by atoms with E-state index in [0.29, 0.717) is 18.8 Å². The summed E-state index contributed by atoms with van der Waals surface area (Å²) >= 11 is 0. The molecule has 6 nitrogen and oxygen atoms in total. The van der Waals surface area contributed by atoms with E-state index in [1.807, 2.05) is 0 Å². The number of carbonyl (C=O) groups is 2. The standard InChI is InChI=1S/C14H19N3O3/c1-10(18)11-3-5-12(6-4-11)16-14(20)17-8-2-7-15-13(19)9-17/h3-6,10,18H,2,7-9H2,1H3,(H,15,19)(H,16,20). The van der Waals surface area contributed by atoms with Crippen LogP contribution >= 0.6 is 0 Å². The highest BCUT2D eigenvalue weighted by atomic mass is 16.3. The number of hydrogen-bond acceptors (Lipinski definition) is 3. The molecule has 1 aromatic rings. The minimum Gasteiger partial charge on any atom is -0.389 e. The first-order chi connectivity index (χ1) is 9.56. The minimum atomic E-state index is -0.533. The summed E-state index contributed by atoms with van der Waals surface area (Å²) in [4.78, 5) is 25.0. The van der Waals surface area contributed by atoms with Gasteiger partial charge in [0.15, 0.2) is 0 Å². The van der Waals surface area contributed by atoms with E-state index in [0.717, 1.165) is 12.0 Å². The third kappa shape index (κ3) is 3.71. The predicted molar refractivity (Wildman–Crippen MR) is 75.3 cm³/mol. The number of amides is 3. The highest BCUT2D eigenvalue weighted by Gasteiger charge is 2.19. The molecule has 0 aliphatic carbocycles. The SMILES string of the molecule is CC(O)c1ccc(NC(=O)N2CCCNC(=O)C2)cc1. The van der Waals surface area contributed by atoms with E-state index < -0.39 is 6.10 Å². The van der Waals surface area contributed by atoms with Crippen LogP contribution in [0.15, 0.2) is 24.3 Å². The predicted octanol–water partition coefficient (Wildman–Crippen LogP) is 1.09. The molecule has 3 N–H and O–H groups in total. The monoisotopic (exact) mass is 277 g/mol. The molecular weight excluding hydrogens is 258 g/mol. The molecule has 1 aromatic carbocycles. The first kappa shape index (κ1) is 14.3. The van der Waals surface area contributed by atoms with Gasteiger partial charge in [0.25, 0.3) is 0 Å². The number of urea groups is 1. The van der Waals surface area contributed by atoms with Crippen molar-refractivity contribution in [3.05, 3.63) is 29.8 Å². The van der Waals surface area contributed by atoms with E-state index in [2.05, 4.69) is 10.6 Å². The third-order valence-corrected chi connectivity index (χ3v) is 3.19. The van der Waals surface area contributed by atoms with E-state index in [-0.39, 0.29) is 18.5 Å². The van der Waals surface area contributed by atoms with Crippen LogP contribution in [0.4, 0.5) is 10.5 Å².